The summed E-state index contributed by atoms with van der Waals surface area (Å²) in [5.41, 5.74) is 5.94. The molecule has 0 amide bonds. The molecule has 0 bridgehead atoms. The van der Waals surface area contributed by atoms with Gasteiger partial charge in [-0.1, -0.05) is 6.07 Å². The lowest BCUT2D eigenvalue weighted by Gasteiger charge is -2.03. The lowest BCUT2D eigenvalue weighted by molar-refractivity contribution is 0.602. The fourth-order valence-corrected chi connectivity index (χ4v) is 1.93. The predicted octanol–water partition coefficient (Wildman–Crippen LogP) is 0.534. The maximum Gasteiger partial charge on any atom is 0.248 e. The molecule has 0 unspecified atom stereocenters. The molecule has 7 nitrogen and oxygen atoms in total. The first-order valence-corrected chi connectivity index (χ1v) is 6.59. The van der Waals surface area contributed by atoms with Crippen LogP contribution in [0.25, 0.3) is 0 Å². The summed E-state index contributed by atoms with van der Waals surface area (Å²) in [6.45, 7) is 0. The molecule has 90 valence electrons. The number of benzene rings is 1. The van der Waals surface area contributed by atoms with Crippen molar-refractivity contribution in [1.82, 2.24) is 15.2 Å². The van der Waals surface area contributed by atoms with Crippen molar-refractivity contribution in [2.75, 3.05) is 17.3 Å². The Balaban J connectivity index is 2.28. The largest absolute Gasteiger partial charge is 0.368 e. The van der Waals surface area contributed by atoms with E-state index < -0.39 is 9.84 Å². The molecule has 0 radical (unpaired) electrons. The van der Waals surface area contributed by atoms with Crippen LogP contribution in [-0.2, 0) is 9.84 Å². The summed E-state index contributed by atoms with van der Waals surface area (Å²) < 4.78 is 22.7. The topological polar surface area (TPSA) is 114 Å². The summed E-state index contributed by atoms with van der Waals surface area (Å²) in [6, 6.07) is 6.37. The van der Waals surface area contributed by atoms with Crippen LogP contribution in [0.4, 0.5) is 17.6 Å². The van der Waals surface area contributed by atoms with Crippen LogP contribution in [0.15, 0.2) is 29.2 Å². The third-order valence-electron chi connectivity index (χ3n) is 2.02. The normalized spacial score (nSPS) is 11.4. The van der Waals surface area contributed by atoms with E-state index >= 15 is 0 Å². The second-order valence-corrected chi connectivity index (χ2v) is 5.48. The van der Waals surface area contributed by atoms with Gasteiger partial charge in [0.2, 0.25) is 11.9 Å². The van der Waals surface area contributed by atoms with E-state index in [9.17, 15) is 8.42 Å². The summed E-state index contributed by atoms with van der Waals surface area (Å²) in [5, 5.41) is 9.09. The first kappa shape index (κ1) is 11.4. The molecule has 1 aromatic heterocycles. The molecule has 4 N–H and O–H groups in total. The second kappa shape index (κ2) is 4.06. The Morgan fingerprint density at radius 2 is 2.18 bits per heavy atom. The summed E-state index contributed by atoms with van der Waals surface area (Å²) in [5.74, 6) is 0.472. The number of nitrogen functional groups attached to an aromatic ring is 1. The van der Waals surface area contributed by atoms with Crippen molar-refractivity contribution in [3.63, 3.8) is 0 Å². The van der Waals surface area contributed by atoms with Crippen LogP contribution in [0.1, 0.15) is 0 Å². The van der Waals surface area contributed by atoms with Gasteiger partial charge in [0, 0.05) is 11.9 Å². The van der Waals surface area contributed by atoms with Gasteiger partial charge >= 0.3 is 0 Å². The Morgan fingerprint density at radius 1 is 1.41 bits per heavy atom. The first-order chi connectivity index (χ1) is 7.95. The molecule has 0 saturated carbocycles. The van der Waals surface area contributed by atoms with E-state index in [4.69, 9.17) is 5.73 Å². The van der Waals surface area contributed by atoms with E-state index in [1.54, 1.807) is 12.1 Å². The number of aromatic amines is 1. The van der Waals surface area contributed by atoms with Gasteiger partial charge < -0.3 is 11.1 Å². The number of H-pyrrole nitrogens is 1. The third kappa shape index (κ3) is 2.72. The highest BCUT2D eigenvalue weighted by atomic mass is 32.2. The zero-order valence-corrected chi connectivity index (χ0v) is 9.82. The molecule has 0 aliphatic rings. The van der Waals surface area contributed by atoms with Gasteiger partial charge in [-0.2, -0.15) is 4.98 Å². The second-order valence-electron chi connectivity index (χ2n) is 3.47. The number of anilines is 3. The molecular formula is C9H11N5O2S. The van der Waals surface area contributed by atoms with Crippen LogP contribution in [0.5, 0.6) is 0 Å². The van der Waals surface area contributed by atoms with Crippen molar-refractivity contribution in [3.8, 4) is 0 Å². The van der Waals surface area contributed by atoms with Crippen molar-refractivity contribution in [3.05, 3.63) is 24.3 Å². The van der Waals surface area contributed by atoms with Gasteiger partial charge in [-0.25, -0.2) is 13.5 Å². The minimum atomic E-state index is -3.23. The quantitative estimate of drug-likeness (QED) is 0.735. The van der Waals surface area contributed by atoms with Crippen LogP contribution in [-0.4, -0.2) is 29.9 Å². The van der Waals surface area contributed by atoms with E-state index in [1.165, 1.54) is 12.1 Å². The van der Waals surface area contributed by atoms with Crippen molar-refractivity contribution < 1.29 is 8.42 Å². The van der Waals surface area contributed by atoms with Crippen molar-refractivity contribution >= 4 is 27.4 Å². The molecule has 0 spiro atoms. The minimum Gasteiger partial charge on any atom is -0.368 e. The Morgan fingerprint density at radius 3 is 2.76 bits per heavy atom. The zero-order valence-electron chi connectivity index (χ0n) is 9.01. The Hall–Kier alpha value is -2.09. The summed E-state index contributed by atoms with van der Waals surface area (Å²) in [4.78, 5) is 4.08. The predicted molar refractivity (Wildman–Crippen MR) is 63.6 cm³/mol. The maximum absolute atomic E-state index is 11.4. The van der Waals surface area contributed by atoms with Crippen LogP contribution in [0, 0.1) is 0 Å². The number of nitrogens with two attached hydrogens (primary N) is 1. The van der Waals surface area contributed by atoms with Crippen molar-refractivity contribution in [2.45, 2.75) is 4.90 Å². The Labute approximate surface area is 98.0 Å². The van der Waals surface area contributed by atoms with Gasteiger partial charge in [0.1, 0.15) is 0 Å². The highest BCUT2D eigenvalue weighted by molar-refractivity contribution is 7.90. The highest BCUT2D eigenvalue weighted by Crippen LogP contribution is 2.17. The summed E-state index contributed by atoms with van der Waals surface area (Å²) in [6.07, 6.45) is 1.15. The smallest absolute Gasteiger partial charge is 0.248 e. The molecule has 8 heteroatoms. The Kier molecular flexibility index (Phi) is 2.72. The summed E-state index contributed by atoms with van der Waals surface area (Å²) in [7, 11) is -3.23. The standard InChI is InChI=1S/C9H11N5O2S/c1-17(15,16)7-4-2-3-6(5-7)11-9-12-8(10)13-14-9/h2-5H,1H3,(H4,10,11,12,13,14). The van der Waals surface area contributed by atoms with Crippen molar-refractivity contribution in [1.29, 1.82) is 0 Å². The number of aromatic nitrogens is 3. The molecule has 0 atom stereocenters. The zero-order chi connectivity index (χ0) is 12.5. The van der Waals surface area contributed by atoms with Gasteiger partial charge in [0.05, 0.1) is 4.90 Å². The van der Waals surface area contributed by atoms with Crippen LogP contribution >= 0.6 is 0 Å². The highest BCUT2D eigenvalue weighted by Gasteiger charge is 2.08. The van der Waals surface area contributed by atoms with E-state index in [1.807, 2.05) is 0 Å². The van der Waals surface area contributed by atoms with Gasteiger partial charge in [-0.3, -0.25) is 0 Å². The van der Waals surface area contributed by atoms with Gasteiger partial charge in [-0.15, -0.1) is 5.10 Å². The average molecular weight is 253 g/mol. The molecule has 0 aliphatic heterocycles. The number of rotatable bonds is 3. The molecule has 1 aromatic carbocycles. The van der Waals surface area contributed by atoms with E-state index in [0.717, 1.165) is 6.26 Å². The average Bonchev–Trinajstić information content (AvgIpc) is 2.63. The van der Waals surface area contributed by atoms with Crippen LogP contribution in [0.3, 0.4) is 0 Å². The number of sulfone groups is 1. The molecule has 0 fully saturated rings. The maximum atomic E-state index is 11.4. The van der Waals surface area contributed by atoms with Crippen LogP contribution in [0.2, 0.25) is 0 Å². The molecule has 17 heavy (non-hydrogen) atoms. The van der Waals surface area contributed by atoms with E-state index in [-0.39, 0.29) is 16.8 Å². The fourth-order valence-electron chi connectivity index (χ4n) is 1.26. The number of nitrogens with zero attached hydrogens (tertiary/aromatic N) is 2. The third-order valence-corrected chi connectivity index (χ3v) is 3.13. The minimum absolute atomic E-state index is 0.187. The molecule has 1 heterocycles. The molecule has 2 aromatic rings. The lowest BCUT2D eigenvalue weighted by Crippen LogP contribution is -1.99. The van der Waals surface area contributed by atoms with Gasteiger partial charge in [0.25, 0.3) is 0 Å². The number of hydrogen-bond acceptors (Lipinski definition) is 6. The molecule has 0 saturated heterocycles. The SMILES string of the molecule is CS(=O)(=O)c1cccc(Nc2n[nH]c(N)n2)c1. The van der Waals surface area contributed by atoms with Gasteiger partial charge in [0.15, 0.2) is 9.84 Å². The van der Waals surface area contributed by atoms with Crippen molar-refractivity contribution in [2.24, 2.45) is 0 Å². The lowest BCUT2D eigenvalue weighted by atomic mass is 10.3. The van der Waals surface area contributed by atoms with Crippen LogP contribution < -0.4 is 11.1 Å². The molecule has 0 aliphatic carbocycles. The van der Waals surface area contributed by atoms with E-state index in [0.29, 0.717) is 5.69 Å². The first-order valence-electron chi connectivity index (χ1n) is 4.70. The number of nitrogens with one attached hydrogen (secondary N) is 2. The summed E-state index contributed by atoms with van der Waals surface area (Å²) >= 11 is 0. The van der Waals surface area contributed by atoms with E-state index in [2.05, 4.69) is 20.5 Å². The Bertz CT molecular complexity index is 634. The monoisotopic (exact) mass is 253 g/mol. The molecular weight excluding hydrogens is 242 g/mol. The number of hydrogen-bond donors (Lipinski definition) is 3. The molecule has 2 rings (SSSR count). The van der Waals surface area contributed by atoms with Gasteiger partial charge in [-0.05, 0) is 18.2 Å². The fraction of sp³-hybridized carbons (Fsp3) is 0.111.